The van der Waals surface area contributed by atoms with Gasteiger partial charge < -0.3 is 10.1 Å². The molecule has 1 atom stereocenters. The molecular formula is C18H15BrClNO3. The third kappa shape index (κ3) is 5.83. The van der Waals surface area contributed by atoms with Crippen LogP contribution in [0.3, 0.4) is 0 Å². The average Bonchev–Trinajstić information content (AvgIpc) is 2.55. The van der Waals surface area contributed by atoms with Gasteiger partial charge in [-0.2, -0.15) is 0 Å². The molecule has 2 rings (SSSR count). The number of amides is 1. The maximum Gasteiger partial charge on any atom is 0.331 e. The van der Waals surface area contributed by atoms with Gasteiger partial charge in [-0.05, 0) is 55.0 Å². The fourth-order valence-electron chi connectivity index (χ4n) is 1.82. The van der Waals surface area contributed by atoms with E-state index in [1.807, 2.05) is 0 Å². The Kier molecular flexibility index (Phi) is 6.58. The van der Waals surface area contributed by atoms with Gasteiger partial charge in [0.05, 0.1) is 0 Å². The summed E-state index contributed by atoms with van der Waals surface area (Å²) >= 11 is 9.18. The molecule has 2 aromatic rings. The van der Waals surface area contributed by atoms with Crippen LogP contribution in [0.2, 0.25) is 5.02 Å². The fraction of sp³-hybridized carbons (Fsp3) is 0.111. The Morgan fingerprint density at radius 3 is 2.58 bits per heavy atom. The van der Waals surface area contributed by atoms with E-state index in [1.165, 1.54) is 13.0 Å². The Morgan fingerprint density at radius 2 is 1.92 bits per heavy atom. The normalized spacial score (nSPS) is 12.0. The number of benzene rings is 2. The van der Waals surface area contributed by atoms with Crippen molar-refractivity contribution in [3.05, 3.63) is 69.7 Å². The molecule has 0 fully saturated rings. The SMILES string of the molecule is C[C@@H](OC(=O)/C=C/c1cccc(Cl)c1)C(=O)Nc1ccc(Br)cc1. The first-order valence-corrected chi connectivity index (χ1v) is 8.32. The van der Waals surface area contributed by atoms with Crippen molar-refractivity contribution in [3.8, 4) is 0 Å². The molecule has 0 radical (unpaired) electrons. The summed E-state index contributed by atoms with van der Waals surface area (Å²) in [5, 5.41) is 3.25. The van der Waals surface area contributed by atoms with Crippen molar-refractivity contribution in [2.75, 3.05) is 5.32 Å². The van der Waals surface area contributed by atoms with Gasteiger partial charge in [-0.1, -0.05) is 39.7 Å². The van der Waals surface area contributed by atoms with Crippen LogP contribution in [-0.2, 0) is 14.3 Å². The van der Waals surface area contributed by atoms with Crippen molar-refractivity contribution in [3.63, 3.8) is 0 Å². The number of nitrogens with one attached hydrogen (secondary N) is 1. The van der Waals surface area contributed by atoms with Crippen LogP contribution in [0.25, 0.3) is 6.08 Å². The van der Waals surface area contributed by atoms with Crippen LogP contribution < -0.4 is 5.32 Å². The maximum absolute atomic E-state index is 12.0. The van der Waals surface area contributed by atoms with Gasteiger partial charge in [-0.25, -0.2) is 4.79 Å². The van der Waals surface area contributed by atoms with Crippen LogP contribution in [0, 0.1) is 0 Å². The zero-order valence-electron chi connectivity index (χ0n) is 12.8. The van der Waals surface area contributed by atoms with Crippen LogP contribution in [0.5, 0.6) is 0 Å². The van der Waals surface area contributed by atoms with Crippen LogP contribution in [0.1, 0.15) is 12.5 Å². The van der Waals surface area contributed by atoms with Gasteiger partial charge in [0.25, 0.3) is 5.91 Å². The highest BCUT2D eigenvalue weighted by atomic mass is 79.9. The van der Waals surface area contributed by atoms with Crippen molar-refractivity contribution >= 4 is 51.2 Å². The molecular weight excluding hydrogens is 394 g/mol. The van der Waals surface area contributed by atoms with Crippen molar-refractivity contribution in [2.45, 2.75) is 13.0 Å². The molecule has 0 aliphatic rings. The lowest BCUT2D eigenvalue weighted by atomic mass is 10.2. The van der Waals surface area contributed by atoms with Gasteiger partial charge in [0.15, 0.2) is 6.10 Å². The lowest BCUT2D eigenvalue weighted by Gasteiger charge is -2.12. The Bertz CT molecular complexity index is 759. The van der Waals surface area contributed by atoms with Crippen LogP contribution in [0.4, 0.5) is 5.69 Å². The highest BCUT2D eigenvalue weighted by Crippen LogP contribution is 2.15. The van der Waals surface area contributed by atoms with Crippen LogP contribution in [-0.4, -0.2) is 18.0 Å². The largest absolute Gasteiger partial charge is 0.449 e. The van der Waals surface area contributed by atoms with E-state index in [4.69, 9.17) is 16.3 Å². The Balaban J connectivity index is 1.88. The molecule has 0 spiro atoms. The molecule has 0 saturated carbocycles. The number of hydrogen-bond donors (Lipinski definition) is 1. The second kappa shape index (κ2) is 8.66. The van der Waals surface area contributed by atoms with Crippen LogP contribution in [0.15, 0.2) is 59.1 Å². The highest BCUT2D eigenvalue weighted by molar-refractivity contribution is 9.10. The first-order chi connectivity index (χ1) is 11.4. The Hall–Kier alpha value is -2.11. The van der Waals surface area contributed by atoms with E-state index in [-0.39, 0.29) is 0 Å². The lowest BCUT2D eigenvalue weighted by molar-refractivity contribution is -0.148. The number of rotatable bonds is 5. The summed E-state index contributed by atoms with van der Waals surface area (Å²) in [6, 6.07) is 14.1. The summed E-state index contributed by atoms with van der Waals surface area (Å²) in [7, 11) is 0. The van der Waals surface area contributed by atoms with Gasteiger partial charge >= 0.3 is 5.97 Å². The molecule has 0 bridgehead atoms. The second-order valence-corrected chi connectivity index (χ2v) is 6.32. The third-order valence-electron chi connectivity index (χ3n) is 3.03. The van der Waals surface area contributed by atoms with E-state index in [0.717, 1.165) is 10.0 Å². The number of halogens is 2. The molecule has 0 aliphatic heterocycles. The predicted octanol–water partition coefficient (Wildman–Crippen LogP) is 4.69. The predicted molar refractivity (Wildman–Crippen MR) is 98.8 cm³/mol. The molecule has 1 amide bonds. The van der Waals surface area contributed by atoms with E-state index in [1.54, 1.807) is 54.6 Å². The molecule has 0 aromatic heterocycles. The lowest BCUT2D eigenvalue weighted by Crippen LogP contribution is -2.29. The van der Waals surface area contributed by atoms with Crippen molar-refractivity contribution in [1.82, 2.24) is 0 Å². The molecule has 6 heteroatoms. The molecule has 0 saturated heterocycles. The smallest absolute Gasteiger partial charge is 0.331 e. The summed E-state index contributed by atoms with van der Waals surface area (Å²) in [5.74, 6) is -1.00. The van der Waals surface area contributed by atoms with Gasteiger partial charge in [0.1, 0.15) is 0 Å². The number of ether oxygens (including phenoxy) is 1. The van der Waals surface area contributed by atoms with Gasteiger partial charge in [0.2, 0.25) is 0 Å². The number of carbonyl (C=O) groups is 2. The van der Waals surface area contributed by atoms with Crippen molar-refractivity contribution in [1.29, 1.82) is 0 Å². The summed E-state index contributed by atoms with van der Waals surface area (Å²) < 4.78 is 5.99. The van der Waals surface area contributed by atoms with Crippen molar-refractivity contribution < 1.29 is 14.3 Å². The van der Waals surface area contributed by atoms with E-state index in [2.05, 4.69) is 21.2 Å². The first kappa shape index (κ1) is 18.2. The van der Waals surface area contributed by atoms with Crippen LogP contribution >= 0.6 is 27.5 Å². The van der Waals surface area contributed by atoms with E-state index in [0.29, 0.717) is 10.7 Å². The Labute approximate surface area is 153 Å². The molecule has 1 N–H and O–H groups in total. The summed E-state index contributed by atoms with van der Waals surface area (Å²) in [4.78, 5) is 23.8. The minimum atomic E-state index is -0.912. The maximum atomic E-state index is 12.0. The molecule has 0 aliphatic carbocycles. The first-order valence-electron chi connectivity index (χ1n) is 7.15. The zero-order valence-corrected chi connectivity index (χ0v) is 15.2. The summed E-state index contributed by atoms with van der Waals surface area (Å²) in [5.41, 5.74) is 1.40. The van der Waals surface area contributed by atoms with Gasteiger partial charge in [0, 0.05) is 21.3 Å². The van der Waals surface area contributed by atoms with Crippen molar-refractivity contribution in [2.24, 2.45) is 0 Å². The number of anilines is 1. The monoisotopic (exact) mass is 407 g/mol. The molecule has 0 heterocycles. The molecule has 4 nitrogen and oxygen atoms in total. The minimum Gasteiger partial charge on any atom is -0.449 e. The zero-order chi connectivity index (χ0) is 17.5. The highest BCUT2D eigenvalue weighted by Gasteiger charge is 2.16. The van der Waals surface area contributed by atoms with E-state index >= 15 is 0 Å². The molecule has 124 valence electrons. The minimum absolute atomic E-state index is 0.401. The number of carbonyl (C=O) groups excluding carboxylic acids is 2. The average molecular weight is 409 g/mol. The fourth-order valence-corrected chi connectivity index (χ4v) is 2.28. The van der Waals surface area contributed by atoms with E-state index in [9.17, 15) is 9.59 Å². The second-order valence-electron chi connectivity index (χ2n) is 4.96. The third-order valence-corrected chi connectivity index (χ3v) is 3.80. The molecule has 2 aromatic carbocycles. The summed E-state index contributed by atoms with van der Waals surface area (Å²) in [6.07, 6.45) is 1.92. The molecule has 24 heavy (non-hydrogen) atoms. The quantitative estimate of drug-likeness (QED) is 0.577. The standard InChI is InChI=1S/C18H15BrClNO3/c1-12(18(23)21-16-8-6-14(19)7-9-16)24-17(22)10-5-13-3-2-4-15(20)11-13/h2-12H,1H3,(H,21,23)/b10-5+/t12-/m1/s1. The topological polar surface area (TPSA) is 55.4 Å². The van der Waals surface area contributed by atoms with Gasteiger partial charge in [-0.3, -0.25) is 4.79 Å². The molecule has 0 unspecified atom stereocenters. The van der Waals surface area contributed by atoms with Gasteiger partial charge in [-0.15, -0.1) is 0 Å². The summed E-state index contributed by atoms with van der Waals surface area (Å²) in [6.45, 7) is 1.51. The Morgan fingerprint density at radius 1 is 1.21 bits per heavy atom. The number of esters is 1. The number of hydrogen-bond acceptors (Lipinski definition) is 3. The van der Waals surface area contributed by atoms with E-state index < -0.39 is 18.0 Å².